The van der Waals surface area contributed by atoms with Crippen LogP contribution in [0, 0.1) is 5.92 Å². The zero-order valence-corrected chi connectivity index (χ0v) is 12.8. The lowest BCUT2D eigenvalue weighted by molar-refractivity contribution is -0.136. The first-order chi connectivity index (χ1) is 9.11. The summed E-state index contributed by atoms with van der Waals surface area (Å²) in [6.45, 7) is 3.62. The van der Waals surface area contributed by atoms with Gasteiger partial charge in [0.25, 0.3) is 0 Å². The van der Waals surface area contributed by atoms with Crippen LogP contribution in [0.15, 0.2) is 12.1 Å². The van der Waals surface area contributed by atoms with Crippen LogP contribution in [-0.2, 0) is 11.2 Å². The van der Waals surface area contributed by atoms with Gasteiger partial charge in [-0.1, -0.05) is 18.5 Å². The number of carbonyl (C=O) groups is 1. The van der Waals surface area contributed by atoms with E-state index in [1.165, 1.54) is 11.3 Å². The van der Waals surface area contributed by atoms with Crippen LogP contribution in [0.25, 0.3) is 0 Å². The minimum Gasteiger partial charge on any atom is -0.338 e. The van der Waals surface area contributed by atoms with E-state index in [-0.39, 0.29) is 11.9 Å². The lowest BCUT2D eigenvalue weighted by Gasteiger charge is -2.39. The highest BCUT2D eigenvalue weighted by molar-refractivity contribution is 7.16. The fraction of sp³-hybridized carbons (Fsp3) is 0.643. The highest BCUT2D eigenvalue weighted by atomic mass is 35.5. The predicted octanol–water partition coefficient (Wildman–Crippen LogP) is 2.92. The molecule has 1 aliphatic heterocycles. The smallest absolute Gasteiger partial charge is 0.223 e. The van der Waals surface area contributed by atoms with E-state index >= 15 is 0 Å². The average Bonchev–Trinajstić information content (AvgIpc) is 2.81. The molecule has 2 atom stereocenters. The highest BCUT2D eigenvalue weighted by Gasteiger charge is 2.30. The maximum absolute atomic E-state index is 12.3. The van der Waals surface area contributed by atoms with Crippen molar-refractivity contribution in [3.8, 4) is 0 Å². The number of carbonyl (C=O) groups excluding carboxylic acids is 1. The topological polar surface area (TPSA) is 46.3 Å². The summed E-state index contributed by atoms with van der Waals surface area (Å²) in [6.07, 6.45) is 3.60. The van der Waals surface area contributed by atoms with Gasteiger partial charge in [0.1, 0.15) is 0 Å². The molecule has 2 unspecified atom stereocenters. The number of likely N-dealkylation sites (tertiary alicyclic amines) is 1. The zero-order chi connectivity index (χ0) is 13.8. The molecule has 2 rings (SSSR count). The molecule has 106 valence electrons. The number of hydrogen-bond acceptors (Lipinski definition) is 3. The molecule has 0 bridgehead atoms. The minimum absolute atomic E-state index is 0.216. The SMILES string of the molecule is CC1CCCN(C(=O)CCc2ccc(Cl)s2)C1CN. The second-order valence-corrected chi connectivity index (χ2v) is 7.02. The van der Waals surface area contributed by atoms with Crippen molar-refractivity contribution >= 4 is 28.8 Å². The molecule has 19 heavy (non-hydrogen) atoms. The van der Waals surface area contributed by atoms with Gasteiger partial charge in [-0.25, -0.2) is 0 Å². The Hall–Kier alpha value is -0.580. The maximum atomic E-state index is 12.3. The largest absolute Gasteiger partial charge is 0.338 e. The molecule has 1 fully saturated rings. The molecule has 1 amide bonds. The average molecular weight is 301 g/mol. The molecule has 5 heteroatoms. The van der Waals surface area contributed by atoms with Crippen molar-refractivity contribution in [3.63, 3.8) is 0 Å². The molecule has 1 aromatic heterocycles. The number of nitrogens with zero attached hydrogens (tertiary/aromatic N) is 1. The number of nitrogens with two attached hydrogens (primary N) is 1. The Labute approximate surface area is 123 Å². The number of halogens is 1. The molecule has 0 aliphatic carbocycles. The summed E-state index contributed by atoms with van der Waals surface area (Å²) in [5, 5.41) is 0. The van der Waals surface area contributed by atoms with Crippen molar-refractivity contribution in [3.05, 3.63) is 21.3 Å². The van der Waals surface area contributed by atoms with Crippen LogP contribution in [0.1, 0.15) is 31.1 Å². The zero-order valence-electron chi connectivity index (χ0n) is 11.3. The van der Waals surface area contributed by atoms with E-state index < -0.39 is 0 Å². The monoisotopic (exact) mass is 300 g/mol. The van der Waals surface area contributed by atoms with Crippen LogP contribution in [0.4, 0.5) is 0 Å². The van der Waals surface area contributed by atoms with Crippen molar-refractivity contribution in [2.24, 2.45) is 11.7 Å². The predicted molar refractivity (Wildman–Crippen MR) is 80.6 cm³/mol. The summed E-state index contributed by atoms with van der Waals surface area (Å²) in [7, 11) is 0. The quantitative estimate of drug-likeness (QED) is 0.929. The van der Waals surface area contributed by atoms with Crippen LogP contribution < -0.4 is 5.73 Å². The molecule has 1 aliphatic rings. The van der Waals surface area contributed by atoms with Gasteiger partial charge in [0.15, 0.2) is 0 Å². The van der Waals surface area contributed by atoms with E-state index in [1.54, 1.807) is 11.3 Å². The first-order valence-electron chi connectivity index (χ1n) is 6.85. The van der Waals surface area contributed by atoms with Gasteiger partial charge in [-0.15, -0.1) is 11.3 Å². The number of aryl methyl sites for hydroxylation is 1. The Morgan fingerprint density at radius 2 is 2.37 bits per heavy atom. The van der Waals surface area contributed by atoms with Crippen molar-refractivity contribution in [2.45, 2.75) is 38.6 Å². The number of piperidine rings is 1. The van der Waals surface area contributed by atoms with Gasteiger partial charge in [-0.05, 0) is 37.3 Å². The number of thiophene rings is 1. The van der Waals surface area contributed by atoms with E-state index in [0.29, 0.717) is 18.9 Å². The third kappa shape index (κ3) is 3.71. The van der Waals surface area contributed by atoms with Crippen LogP contribution in [-0.4, -0.2) is 29.9 Å². The minimum atomic E-state index is 0.216. The Morgan fingerprint density at radius 3 is 3.00 bits per heavy atom. The molecular formula is C14H21ClN2OS. The first-order valence-corrected chi connectivity index (χ1v) is 8.05. The number of rotatable bonds is 4. The number of hydrogen-bond donors (Lipinski definition) is 1. The van der Waals surface area contributed by atoms with Crippen molar-refractivity contribution in [1.29, 1.82) is 0 Å². The molecule has 1 aromatic rings. The first kappa shape index (κ1) is 14.8. The summed E-state index contributed by atoms with van der Waals surface area (Å²) < 4.78 is 0.786. The van der Waals surface area contributed by atoms with Gasteiger partial charge in [0, 0.05) is 30.4 Å². The second-order valence-electron chi connectivity index (χ2n) is 5.22. The van der Waals surface area contributed by atoms with Crippen LogP contribution >= 0.6 is 22.9 Å². The summed E-state index contributed by atoms with van der Waals surface area (Å²) in [5.41, 5.74) is 5.82. The molecule has 2 N–H and O–H groups in total. The van der Waals surface area contributed by atoms with Gasteiger partial charge in [-0.3, -0.25) is 4.79 Å². The third-order valence-corrected chi connectivity index (χ3v) is 5.18. The van der Waals surface area contributed by atoms with Crippen LogP contribution in [0.3, 0.4) is 0 Å². The van der Waals surface area contributed by atoms with E-state index in [2.05, 4.69) is 6.92 Å². The van der Waals surface area contributed by atoms with Gasteiger partial charge in [0.05, 0.1) is 4.34 Å². The lowest BCUT2D eigenvalue weighted by Crippen LogP contribution is -2.51. The molecule has 3 nitrogen and oxygen atoms in total. The summed E-state index contributed by atoms with van der Waals surface area (Å²) in [4.78, 5) is 15.5. The third-order valence-electron chi connectivity index (χ3n) is 3.89. The molecule has 0 radical (unpaired) electrons. The van der Waals surface area contributed by atoms with E-state index in [0.717, 1.165) is 23.7 Å². The van der Waals surface area contributed by atoms with Gasteiger partial charge in [-0.2, -0.15) is 0 Å². The van der Waals surface area contributed by atoms with Crippen LogP contribution in [0.2, 0.25) is 4.34 Å². The standard InChI is InChI=1S/C14H21ClN2OS/c1-10-3-2-8-17(12(10)9-16)14(18)7-5-11-4-6-13(15)19-11/h4,6,10,12H,2-3,5,7-9,16H2,1H3. The second kappa shape index (κ2) is 6.73. The van der Waals surface area contributed by atoms with Gasteiger partial charge in [0.2, 0.25) is 5.91 Å². The Balaban J connectivity index is 1.91. The maximum Gasteiger partial charge on any atom is 0.223 e. The van der Waals surface area contributed by atoms with E-state index in [4.69, 9.17) is 17.3 Å². The molecule has 0 aromatic carbocycles. The Kier molecular flexibility index (Phi) is 5.25. The molecule has 1 saturated heterocycles. The van der Waals surface area contributed by atoms with E-state index in [1.807, 2.05) is 17.0 Å². The van der Waals surface area contributed by atoms with Crippen LogP contribution in [0.5, 0.6) is 0 Å². The fourth-order valence-corrected chi connectivity index (χ4v) is 3.87. The molecule has 0 spiro atoms. The van der Waals surface area contributed by atoms with Crippen molar-refractivity contribution in [1.82, 2.24) is 4.90 Å². The molecular weight excluding hydrogens is 280 g/mol. The Bertz CT molecular complexity index is 435. The normalized spacial score (nSPS) is 23.6. The van der Waals surface area contributed by atoms with E-state index in [9.17, 15) is 4.79 Å². The summed E-state index contributed by atoms with van der Waals surface area (Å²) in [6, 6.07) is 4.10. The van der Waals surface area contributed by atoms with Crippen molar-refractivity contribution in [2.75, 3.05) is 13.1 Å². The van der Waals surface area contributed by atoms with Crippen molar-refractivity contribution < 1.29 is 4.79 Å². The number of amides is 1. The fourth-order valence-electron chi connectivity index (χ4n) is 2.78. The summed E-state index contributed by atoms with van der Waals surface area (Å²) in [5.74, 6) is 0.741. The lowest BCUT2D eigenvalue weighted by atomic mass is 9.90. The van der Waals surface area contributed by atoms with Gasteiger partial charge < -0.3 is 10.6 Å². The molecule has 2 heterocycles. The van der Waals surface area contributed by atoms with Gasteiger partial charge >= 0.3 is 0 Å². The highest BCUT2D eigenvalue weighted by Crippen LogP contribution is 2.25. The molecule has 0 saturated carbocycles. The summed E-state index contributed by atoms with van der Waals surface area (Å²) >= 11 is 7.45. The Morgan fingerprint density at radius 1 is 1.58 bits per heavy atom.